The molecule has 0 aliphatic rings. The van der Waals surface area contributed by atoms with Crippen LogP contribution in [0, 0.1) is 12.8 Å². The van der Waals surface area contributed by atoms with Crippen LogP contribution in [0.25, 0.3) is 0 Å². The summed E-state index contributed by atoms with van der Waals surface area (Å²) < 4.78 is 0. The summed E-state index contributed by atoms with van der Waals surface area (Å²) in [5.41, 5.74) is 7.01. The van der Waals surface area contributed by atoms with Crippen molar-refractivity contribution in [3.8, 4) is 0 Å². The van der Waals surface area contributed by atoms with Gasteiger partial charge in [-0.3, -0.25) is 4.79 Å². The highest BCUT2D eigenvalue weighted by Gasteiger charge is 2.00. The fourth-order valence-electron chi connectivity index (χ4n) is 1.74. The Morgan fingerprint density at radius 3 is 1.95 bits per heavy atom. The van der Waals surface area contributed by atoms with Crippen molar-refractivity contribution < 1.29 is 4.79 Å². The van der Waals surface area contributed by atoms with Crippen LogP contribution in [0.3, 0.4) is 0 Å². The Bertz CT molecular complexity index is 321. The summed E-state index contributed by atoms with van der Waals surface area (Å²) >= 11 is 0. The van der Waals surface area contributed by atoms with Crippen LogP contribution in [-0.2, 0) is 11.2 Å². The van der Waals surface area contributed by atoms with Crippen LogP contribution in [-0.4, -0.2) is 6.41 Å². The van der Waals surface area contributed by atoms with Crippen LogP contribution < -0.4 is 5.73 Å². The molecule has 1 aromatic rings. The highest BCUT2D eigenvalue weighted by molar-refractivity contribution is 5.42. The fourth-order valence-corrected chi connectivity index (χ4v) is 1.74. The van der Waals surface area contributed by atoms with Crippen LogP contribution in [0.4, 0.5) is 0 Å². The maximum atomic E-state index is 8.58. The monoisotopic (exact) mass is 309 g/mol. The molecule has 0 aliphatic heterocycles. The van der Waals surface area contributed by atoms with Gasteiger partial charge in [0.15, 0.2) is 0 Å². The quantitative estimate of drug-likeness (QED) is 0.675. The summed E-state index contributed by atoms with van der Waals surface area (Å²) in [6, 6.07) is 8.80. The number of unbranched alkanes of at least 4 members (excludes halogenated alkanes) is 2. The third-order valence-electron chi connectivity index (χ3n) is 3.07. The van der Waals surface area contributed by atoms with E-state index in [0.29, 0.717) is 0 Å². The van der Waals surface area contributed by atoms with E-state index in [4.69, 9.17) is 4.79 Å². The van der Waals surface area contributed by atoms with E-state index in [1.165, 1.54) is 43.2 Å². The van der Waals surface area contributed by atoms with E-state index in [1.807, 2.05) is 13.8 Å². The molecule has 0 aliphatic carbocycles. The zero-order valence-electron chi connectivity index (χ0n) is 16.0. The van der Waals surface area contributed by atoms with Gasteiger partial charge in [-0.1, -0.05) is 97.1 Å². The number of carbonyl (C=O) groups is 1. The van der Waals surface area contributed by atoms with Crippen molar-refractivity contribution in [1.82, 2.24) is 0 Å². The van der Waals surface area contributed by atoms with Crippen molar-refractivity contribution in [2.24, 2.45) is 11.7 Å². The number of primary amides is 1. The number of hydrogen-bond donors (Lipinski definition) is 1. The molecule has 1 rings (SSSR count). The number of rotatable bonds is 5. The first-order valence-electron chi connectivity index (χ1n) is 8.76. The molecule has 1 amide bonds. The summed E-state index contributed by atoms with van der Waals surface area (Å²) in [6.45, 7) is 15.1. The number of nitrogens with two attached hydrogens (primary N) is 1. The molecule has 0 saturated heterocycles. The van der Waals surface area contributed by atoms with Gasteiger partial charge in [0.05, 0.1) is 0 Å². The molecule has 0 heterocycles. The van der Waals surface area contributed by atoms with Crippen LogP contribution in [0.5, 0.6) is 0 Å². The molecule has 2 N–H and O–H groups in total. The zero-order valence-corrected chi connectivity index (χ0v) is 16.0. The molecule has 1 unspecified atom stereocenters. The van der Waals surface area contributed by atoms with Gasteiger partial charge in [-0.2, -0.15) is 0 Å². The average Bonchev–Trinajstić information content (AvgIpc) is 2.51. The second-order valence-electron chi connectivity index (χ2n) is 5.20. The first-order valence-corrected chi connectivity index (χ1v) is 8.76. The molecule has 130 valence electrons. The Labute approximate surface area is 139 Å². The molecule has 0 fully saturated rings. The van der Waals surface area contributed by atoms with Gasteiger partial charge in [-0.05, 0) is 24.8 Å². The Morgan fingerprint density at radius 1 is 1.14 bits per heavy atom. The third kappa shape index (κ3) is 21.0. The predicted octanol–water partition coefficient (Wildman–Crippen LogP) is 5.91. The Balaban J connectivity index is -0.000000302. The number of hydrogen-bond acceptors (Lipinski definition) is 1. The maximum absolute atomic E-state index is 8.58. The van der Waals surface area contributed by atoms with Gasteiger partial charge in [-0.25, -0.2) is 0 Å². The summed E-state index contributed by atoms with van der Waals surface area (Å²) in [5, 5.41) is 0. The molecule has 2 heteroatoms. The molecule has 22 heavy (non-hydrogen) atoms. The fraction of sp³-hybridized carbons (Fsp3) is 0.650. The Hall–Kier alpha value is -1.31. The zero-order chi connectivity index (χ0) is 17.8. The van der Waals surface area contributed by atoms with E-state index in [0.717, 1.165) is 5.92 Å². The standard InChI is InChI=1S/C12H18.C5H12.C2H6.CH3NO/c1-4-10(2)8-12-7-5-6-11(3)9-12;1-3-5-4-2;1-2;2-1-3/h5-7,9-10H,4,8H2,1-3H3;3-5H2,1-2H3;1-2H3;1H,(H2,2,3). The first-order chi connectivity index (χ1) is 10.5. The molecular formula is C20H39NO. The summed E-state index contributed by atoms with van der Waals surface area (Å²) in [7, 11) is 0. The van der Waals surface area contributed by atoms with Crippen molar-refractivity contribution in [2.45, 2.75) is 80.6 Å². The molecule has 0 radical (unpaired) electrons. The Morgan fingerprint density at radius 2 is 1.64 bits per heavy atom. The van der Waals surface area contributed by atoms with E-state index >= 15 is 0 Å². The van der Waals surface area contributed by atoms with Crippen molar-refractivity contribution in [2.75, 3.05) is 0 Å². The van der Waals surface area contributed by atoms with Gasteiger partial charge < -0.3 is 5.73 Å². The molecule has 0 bridgehead atoms. The lowest BCUT2D eigenvalue weighted by Gasteiger charge is -2.08. The molecule has 1 aromatic carbocycles. The minimum absolute atomic E-state index is 0.250. The van der Waals surface area contributed by atoms with Gasteiger partial charge in [0, 0.05) is 0 Å². The summed E-state index contributed by atoms with van der Waals surface area (Å²) in [6.07, 6.45) is 6.82. The number of benzene rings is 1. The lowest BCUT2D eigenvalue weighted by atomic mass is 9.98. The van der Waals surface area contributed by atoms with E-state index in [1.54, 1.807) is 0 Å². The van der Waals surface area contributed by atoms with Gasteiger partial charge in [-0.15, -0.1) is 0 Å². The van der Waals surface area contributed by atoms with Crippen molar-refractivity contribution in [3.63, 3.8) is 0 Å². The van der Waals surface area contributed by atoms with Crippen molar-refractivity contribution in [3.05, 3.63) is 35.4 Å². The van der Waals surface area contributed by atoms with Crippen LogP contribution in [0.15, 0.2) is 24.3 Å². The lowest BCUT2D eigenvalue weighted by Crippen LogP contribution is -1.97. The van der Waals surface area contributed by atoms with Crippen molar-refractivity contribution in [1.29, 1.82) is 0 Å². The van der Waals surface area contributed by atoms with Crippen LogP contribution in [0.2, 0.25) is 0 Å². The Kier molecular flexibility index (Phi) is 25.6. The first kappa shape index (κ1) is 25.6. The van der Waals surface area contributed by atoms with E-state index in [2.05, 4.69) is 64.6 Å². The highest BCUT2D eigenvalue weighted by atomic mass is 16.1. The molecule has 2 nitrogen and oxygen atoms in total. The van der Waals surface area contributed by atoms with E-state index in [-0.39, 0.29) is 6.41 Å². The highest BCUT2D eigenvalue weighted by Crippen LogP contribution is 2.12. The SMILES string of the molecule is CC.CCC(C)Cc1cccc(C)c1.CCCCC.NC=O. The van der Waals surface area contributed by atoms with E-state index in [9.17, 15) is 0 Å². The van der Waals surface area contributed by atoms with Crippen LogP contribution in [0.1, 0.15) is 78.4 Å². The topological polar surface area (TPSA) is 43.1 Å². The summed E-state index contributed by atoms with van der Waals surface area (Å²) in [4.78, 5) is 8.58. The normalized spacial score (nSPS) is 9.77. The molecule has 0 aromatic heterocycles. The minimum atomic E-state index is 0.250. The predicted molar refractivity (Wildman–Crippen MR) is 101 cm³/mol. The molecular weight excluding hydrogens is 270 g/mol. The lowest BCUT2D eigenvalue weighted by molar-refractivity contribution is -0.106. The van der Waals surface area contributed by atoms with E-state index < -0.39 is 0 Å². The van der Waals surface area contributed by atoms with Gasteiger partial charge >= 0.3 is 0 Å². The smallest absolute Gasteiger partial charge is 0.204 e. The van der Waals surface area contributed by atoms with Gasteiger partial charge in [0.25, 0.3) is 0 Å². The van der Waals surface area contributed by atoms with Crippen molar-refractivity contribution >= 4 is 6.41 Å². The minimum Gasteiger partial charge on any atom is -0.372 e. The number of amides is 1. The molecule has 0 spiro atoms. The molecule has 0 saturated carbocycles. The van der Waals surface area contributed by atoms with Gasteiger partial charge in [0.2, 0.25) is 6.41 Å². The number of carbonyl (C=O) groups excluding carboxylic acids is 1. The molecule has 1 atom stereocenters. The van der Waals surface area contributed by atoms with Crippen LogP contribution >= 0.6 is 0 Å². The third-order valence-corrected chi connectivity index (χ3v) is 3.07. The largest absolute Gasteiger partial charge is 0.372 e. The number of aryl methyl sites for hydroxylation is 1. The maximum Gasteiger partial charge on any atom is 0.204 e. The summed E-state index contributed by atoms with van der Waals surface area (Å²) in [5.74, 6) is 0.812. The van der Waals surface area contributed by atoms with Gasteiger partial charge in [0.1, 0.15) is 0 Å². The average molecular weight is 310 g/mol. The second kappa shape index (κ2) is 22.0. The second-order valence-corrected chi connectivity index (χ2v) is 5.20.